The van der Waals surface area contributed by atoms with E-state index in [9.17, 15) is 4.79 Å². The summed E-state index contributed by atoms with van der Waals surface area (Å²) in [5, 5.41) is 5.29. The lowest BCUT2D eigenvalue weighted by molar-refractivity contribution is 0.231. The minimum absolute atomic E-state index is 0.0240. The molecule has 0 atom stereocenters. The molecule has 6 heteroatoms. The second kappa shape index (κ2) is 7.78. The lowest BCUT2D eigenvalue weighted by Gasteiger charge is -2.12. The van der Waals surface area contributed by atoms with Crippen LogP contribution in [-0.2, 0) is 0 Å². The lowest BCUT2D eigenvalue weighted by atomic mass is 10.3. The topological polar surface area (TPSA) is 68.8 Å². The number of hydrogen-bond acceptors (Lipinski definition) is 4. The zero-order valence-electron chi connectivity index (χ0n) is 12.5. The van der Waals surface area contributed by atoms with Crippen molar-refractivity contribution < 1.29 is 19.0 Å². The van der Waals surface area contributed by atoms with Crippen molar-refractivity contribution in [3.05, 3.63) is 48.5 Å². The van der Waals surface area contributed by atoms with Gasteiger partial charge < -0.3 is 24.8 Å². The van der Waals surface area contributed by atoms with Crippen molar-refractivity contribution in [3.8, 4) is 17.2 Å². The summed E-state index contributed by atoms with van der Waals surface area (Å²) in [5.41, 5.74) is 0.633. The molecular weight excluding hydrogens is 284 g/mol. The molecule has 2 aromatic carbocycles. The summed E-state index contributed by atoms with van der Waals surface area (Å²) in [4.78, 5) is 11.8. The van der Waals surface area contributed by atoms with Gasteiger partial charge in [-0.1, -0.05) is 18.2 Å². The van der Waals surface area contributed by atoms with Gasteiger partial charge in [-0.3, -0.25) is 0 Å². The summed E-state index contributed by atoms with van der Waals surface area (Å²) in [7, 11) is 3.13. The molecule has 116 valence electrons. The van der Waals surface area contributed by atoms with Crippen LogP contribution in [0.15, 0.2) is 48.5 Å². The number of ether oxygens (including phenoxy) is 3. The molecule has 0 aliphatic heterocycles. The molecule has 0 saturated heterocycles. The van der Waals surface area contributed by atoms with E-state index < -0.39 is 0 Å². The fraction of sp³-hybridized carbons (Fsp3) is 0.188. The minimum atomic E-state index is -0.372. The van der Waals surface area contributed by atoms with Gasteiger partial charge in [0.15, 0.2) is 18.2 Å². The Morgan fingerprint density at radius 1 is 1.00 bits per heavy atom. The highest BCUT2D eigenvalue weighted by molar-refractivity contribution is 5.89. The van der Waals surface area contributed by atoms with E-state index in [1.54, 1.807) is 50.6 Å². The van der Waals surface area contributed by atoms with Gasteiger partial charge in [0.2, 0.25) is 0 Å². The van der Waals surface area contributed by atoms with Crippen molar-refractivity contribution in [3.63, 3.8) is 0 Å². The lowest BCUT2D eigenvalue weighted by Crippen LogP contribution is -2.32. The van der Waals surface area contributed by atoms with Gasteiger partial charge >= 0.3 is 6.03 Å². The minimum Gasteiger partial charge on any atom is -0.497 e. The number of carbonyl (C=O) groups excluding carboxylic acids is 1. The highest BCUT2D eigenvalue weighted by Gasteiger charge is 2.05. The van der Waals surface area contributed by atoms with Crippen molar-refractivity contribution in [1.29, 1.82) is 0 Å². The first-order valence-corrected chi connectivity index (χ1v) is 6.67. The van der Waals surface area contributed by atoms with E-state index in [2.05, 4.69) is 10.6 Å². The summed E-state index contributed by atoms with van der Waals surface area (Å²) in [6.45, 7) is 0.0240. The Morgan fingerprint density at radius 2 is 1.77 bits per heavy atom. The number of benzene rings is 2. The smallest absolute Gasteiger partial charge is 0.321 e. The molecule has 2 amide bonds. The summed E-state index contributed by atoms with van der Waals surface area (Å²) in [5.74, 6) is 1.84. The van der Waals surface area contributed by atoms with Crippen LogP contribution in [-0.4, -0.2) is 27.0 Å². The molecule has 0 radical (unpaired) electrons. The van der Waals surface area contributed by atoms with Crippen molar-refractivity contribution in [2.45, 2.75) is 0 Å². The van der Waals surface area contributed by atoms with Gasteiger partial charge in [0.05, 0.1) is 14.2 Å². The molecule has 0 aromatic heterocycles. The van der Waals surface area contributed by atoms with Crippen molar-refractivity contribution >= 4 is 11.7 Å². The molecule has 0 bridgehead atoms. The SMILES string of the molecule is COc1cccc(NC(=O)NCOc2ccccc2OC)c1. The molecule has 0 unspecified atom stereocenters. The molecule has 22 heavy (non-hydrogen) atoms. The van der Waals surface area contributed by atoms with E-state index in [1.807, 2.05) is 12.1 Å². The Kier molecular flexibility index (Phi) is 5.48. The fourth-order valence-electron chi connectivity index (χ4n) is 1.79. The average molecular weight is 302 g/mol. The van der Waals surface area contributed by atoms with Crippen molar-refractivity contribution in [1.82, 2.24) is 5.32 Å². The first-order valence-electron chi connectivity index (χ1n) is 6.67. The van der Waals surface area contributed by atoms with Gasteiger partial charge in [0.25, 0.3) is 0 Å². The first-order chi connectivity index (χ1) is 10.7. The maximum Gasteiger partial charge on any atom is 0.321 e. The Morgan fingerprint density at radius 3 is 2.50 bits per heavy atom. The Hall–Kier alpha value is -2.89. The molecule has 0 fully saturated rings. The van der Waals surface area contributed by atoms with Gasteiger partial charge in [0.1, 0.15) is 5.75 Å². The number of methoxy groups -OCH3 is 2. The van der Waals surface area contributed by atoms with E-state index in [4.69, 9.17) is 14.2 Å². The van der Waals surface area contributed by atoms with E-state index >= 15 is 0 Å². The van der Waals surface area contributed by atoms with Crippen molar-refractivity contribution in [2.75, 3.05) is 26.3 Å². The van der Waals surface area contributed by atoms with E-state index in [0.29, 0.717) is 22.9 Å². The summed E-state index contributed by atoms with van der Waals surface area (Å²) >= 11 is 0. The molecule has 0 aliphatic carbocycles. The van der Waals surface area contributed by atoms with Crippen LogP contribution < -0.4 is 24.8 Å². The van der Waals surface area contributed by atoms with Gasteiger partial charge in [-0.05, 0) is 24.3 Å². The summed E-state index contributed by atoms with van der Waals surface area (Å²) in [6, 6.07) is 13.9. The third kappa shape index (κ3) is 4.31. The molecule has 0 heterocycles. The quantitative estimate of drug-likeness (QED) is 0.805. The third-order valence-corrected chi connectivity index (χ3v) is 2.86. The molecule has 0 spiro atoms. The Bertz CT molecular complexity index is 631. The van der Waals surface area contributed by atoms with Crippen LogP contribution in [0, 0.1) is 0 Å². The van der Waals surface area contributed by atoms with Gasteiger partial charge in [-0.2, -0.15) is 0 Å². The number of amides is 2. The molecule has 2 rings (SSSR count). The van der Waals surface area contributed by atoms with E-state index in [-0.39, 0.29) is 12.8 Å². The van der Waals surface area contributed by atoms with Gasteiger partial charge in [-0.15, -0.1) is 0 Å². The number of para-hydroxylation sites is 2. The normalized spacial score (nSPS) is 9.73. The van der Waals surface area contributed by atoms with Crippen LogP contribution in [0.5, 0.6) is 17.2 Å². The van der Waals surface area contributed by atoms with Gasteiger partial charge in [0, 0.05) is 11.8 Å². The molecule has 2 aromatic rings. The van der Waals surface area contributed by atoms with Gasteiger partial charge in [-0.25, -0.2) is 4.79 Å². The largest absolute Gasteiger partial charge is 0.497 e. The molecule has 6 nitrogen and oxygen atoms in total. The highest BCUT2D eigenvalue weighted by Crippen LogP contribution is 2.25. The number of carbonyl (C=O) groups is 1. The Balaban J connectivity index is 1.82. The van der Waals surface area contributed by atoms with Crippen LogP contribution >= 0.6 is 0 Å². The Labute approximate surface area is 129 Å². The zero-order valence-corrected chi connectivity index (χ0v) is 12.5. The zero-order chi connectivity index (χ0) is 15.8. The van der Waals surface area contributed by atoms with E-state index in [1.165, 1.54) is 0 Å². The predicted octanol–water partition coefficient (Wildman–Crippen LogP) is 2.86. The number of anilines is 1. The molecular formula is C16H18N2O4. The summed E-state index contributed by atoms with van der Waals surface area (Å²) < 4.78 is 15.7. The average Bonchev–Trinajstić information content (AvgIpc) is 2.55. The monoisotopic (exact) mass is 302 g/mol. The second-order valence-electron chi connectivity index (χ2n) is 4.30. The maximum absolute atomic E-state index is 11.8. The number of rotatable bonds is 6. The second-order valence-corrected chi connectivity index (χ2v) is 4.30. The number of hydrogen-bond donors (Lipinski definition) is 2. The standard InChI is InChI=1S/C16H18N2O4/c1-20-13-7-5-6-12(10-13)18-16(19)17-11-22-15-9-4-3-8-14(15)21-2/h3-10H,11H2,1-2H3,(H2,17,18,19). The fourth-order valence-corrected chi connectivity index (χ4v) is 1.79. The van der Waals surface area contributed by atoms with Crippen LogP contribution in [0.4, 0.5) is 10.5 Å². The van der Waals surface area contributed by atoms with Crippen LogP contribution in [0.25, 0.3) is 0 Å². The summed E-state index contributed by atoms with van der Waals surface area (Å²) in [6.07, 6.45) is 0. The van der Waals surface area contributed by atoms with Crippen LogP contribution in [0.1, 0.15) is 0 Å². The van der Waals surface area contributed by atoms with Crippen LogP contribution in [0.3, 0.4) is 0 Å². The predicted molar refractivity (Wildman–Crippen MR) is 83.6 cm³/mol. The maximum atomic E-state index is 11.8. The van der Waals surface area contributed by atoms with Crippen LogP contribution in [0.2, 0.25) is 0 Å². The number of urea groups is 1. The first kappa shape index (κ1) is 15.5. The molecule has 0 saturated carbocycles. The molecule has 2 N–H and O–H groups in total. The van der Waals surface area contributed by atoms with E-state index in [0.717, 1.165) is 0 Å². The van der Waals surface area contributed by atoms with Crippen molar-refractivity contribution in [2.24, 2.45) is 0 Å². The number of nitrogens with one attached hydrogen (secondary N) is 2. The molecule has 0 aliphatic rings. The third-order valence-electron chi connectivity index (χ3n) is 2.86. The highest BCUT2D eigenvalue weighted by atomic mass is 16.5.